The number of phenolic OH excluding ortho intramolecular Hbond substituents is 1. The molecule has 0 saturated carbocycles. The fourth-order valence-electron chi connectivity index (χ4n) is 2.75. The highest BCUT2D eigenvalue weighted by molar-refractivity contribution is 7.98. The largest absolute Gasteiger partial charge is 0.504 e. The zero-order valence-electron chi connectivity index (χ0n) is 13.3. The van der Waals surface area contributed by atoms with Gasteiger partial charge < -0.3 is 20.1 Å². The second-order valence-corrected chi connectivity index (χ2v) is 6.10. The number of rotatable bonds is 4. The van der Waals surface area contributed by atoms with Crippen LogP contribution in [0, 0.1) is 0 Å². The van der Waals surface area contributed by atoms with E-state index in [1.807, 2.05) is 6.92 Å². The number of aromatic hydroxyl groups is 1. The molecule has 0 saturated heterocycles. The fourth-order valence-corrected chi connectivity index (χ4v) is 3.13. The van der Waals surface area contributed by atoms with Crippen molar-refractivity contribution in [2.24, 2.45) is 0 Å². The van der Waals surface area contributed by atoms with Crippen LogP contribution >= 0.6 is 11.8 Å². The van der Waals surface area contributed by atoms with E-state index < -0.39 is 5.92 Å². The molecule has 1 amide bonds. The van der Waals surface area contributed by atoms with Crippen molar-refractivity contribution in [3.8, 4) is 11.5 Å². The summed E-state index contributed by atoms with van der Waals surface area (Å²) in [7, 11) is 0. The molecule has 0 fully saturated rings. The second-order valence-electron chi connectivity index (χ2n) is 5.30. The van der Waals surface area contributed by atoms with Gasteiger partial charge in [-0.3, -0.25) is 9.59 Å². The third-order valence-electron chi connectivity index (χ3n) is 3.81. The zero-order chi connectivity index (χ0) is 17.3. The van der Waals surface area contributed by atoms with Gasteiger partial charge in [0.1, 0.15) is 5.82 Å². The van der Waals surface area contributed by atoms with Crippen molar-refractivity contribution in [3.63, 3.8) is 0 Å². The monoisotopic (exact) mass is 347 g/mol. The van der Waals surface area contributed by atoms with Gasteiger partial charge in [-0.05, 0) is 30.9 Å². The summed E-state index contributed by atoms with van der Waals surface area (Å²) < 4.78 is 5.39. The minimum atomic E-state index is -0.444. The number of H-pyrrole nitrogens is 1. The molecule has 0 unspecified atom stereocenters. The van der Waals surface area contributed by atoms with Crippen LogP contribution in [0.1, 0.15) is 30.4 Å². The topological polar surface area (TPSA) is 104 Å². The van der Waals surface area contributed by atoms with Gasteiger partial charge in [-0.25, -0.2) is 4.98 Å². The molecule has 0 spiro atoms. The fraction of sp³-hybridized carbons (Fsp3) is 0.312. The van der Waals surface area contributed by atoms with E-state index in [1.165, 1.54) is 17.8 Å². The van der Waals surface area contributed by atoms with E-state index in [0.717, 1.165) is 5.56 Å². The normalized spacial score (nSPS) is 16.4. The Morgan fingerprint density at radius 2 is 2.21 bits per heavy atom. The molecule has 1 aromatic carbocycles. The number of hydrogen-bond donors (Lipinski definition) is 3. The smallest absolute Gasteiger partial charge is 0.257 e. The van der Waals surface area contributed by atoms with Crippen LogP contribution < -0.4 is 15.6 Å². The summed E-state index contributed by atoms with van der Waals surface area (Å²) in [6, 6.07) is 4.85. The van der Waals surface area contributed by atoms with Gasteiger partial charge in [0, 0.05) is 12.3 Å². The van der Waals surface area contributed by atoms with E-state index in [1.54, 1.807) is 18.4 Å². The molecule has 1 aromatic heterocycles. The molecule has 2 heterocycles. The molecule has 7 nitrogen and oxygen atoms in total. The number of aromatic amines is 1. The van der Waals surface area contributed by atoms with Crippen LogP contribution in [0.3, 0.4) is 0 Å². The lowest BCUT2D eigenvalue weighted by Crippen LogP contribution is -2.31. The minimum Gasteiger partial charge on any atom is -0.504 e. The molecular formula is C16H17N3O4S. The maximum absolute atomic E-state index is 12.5. The second kappa shape index (κ2) is 6.56. The van der Waals surface area contributed by atoms with Crippen molar-refractivity contribution in [1.29, 1.82) is 0 Å². The lowest BCUT2D eigenvalue weighted by atomic mass is 9.86. The lowest BCUT2D eigenvalue weighted by Gasteiger charge is -2.24. The standard InChI is InChI=1S/C16H17N3O4S/c1-3-23-11-6-8(4-5-10(11)20)9-7-12(21)17-14-13(9)15(22)19-16(18-14)24-2/h4-6,9,20H,3,7H2,1-2H3,(H2,17,18,19,21,22)/t9-/m0/s1. The first kappa shape index (κ1) is 16.4. The number of fused-ring (bicyclic) bond motifs is 1. The number of hydrogen-bond acceptors (Lipinski definition) is 6. The van der Waals surface area contributed by atoms with Crippen molar-refractivity contribution >= 4 is 23.5 Å². The predicted molar refractivity (Wildman–Crippen MR) is 91.0 cm³/mol. The van der Waals surface area contributed by atoms with Gasteiger partial charge in [0.2, 0.25) is 5.91 Å². The molecule has 2 aromatic rings. The van der Waals surface area contributed by atoms with Crippen molar-refractivity contribution in [3.05, 3.63) is 39.7 Å². The van der Waals surface area contributed by atoms with Gasteiger partial charge in [0.25, 0.3) is 5.56 Å². The average Bonchev–Trinajstić information content (AvgIpc) is 2.55. The van der Waals surface area contributed by atoms with Gasteiger partial charge in [-0.1, -0.05) is 17.8 Å². The van der Waals surface area contributed by atoms with E-state index in [9.17, 15) is 14.7 Å². The Hall–Kier alpha value is -2.48. The van der Waals surface area contributed by atoms with Gasteiger partial charge in [-0.15, -0.1) is 0 Å². The van der Waals surface area contributed by atoms with Crippen LogP contribution in [-0.4, -0.2) is 33.8 Å². The molecule has 0 radical (unpaired) electrons. The summed E-state index contributed by atoms with van der Waals surface area (Å²) in [5.74, 6) is -0.0155. The summed E-state index contributed by atoms with van der Waals surface area (Å²) in [5, 5.41) is 13.0. The van der Waals surface area contributed by atoms with Crippen LogP contribution in [0.4, 0.5) is 5.82 Å². The van der Waals surface area contributed by atoms with E-state index in [-0.39, 0.29) is 29.5 Å². The number of phenols is 1. The van der Waals surface area contributed by atoms with Crippen molar-refractivity contribution in [2.75, 3.05) is 18.2 Å². The van der Waals surface area contributed by atoms with Crippen LogP contribution in [0.15, 0.2) is 28.2 Å². The summed E-state index contributed by atoms with van der Waals surface area (Å²) in [4.78, 5) is 31.5. The Morgan fingerprint density at radius 1 is 1.42 bits per heavy atom. The number of amides is 1. The molecular weight excluding hydrogens is 330 g/mol. The molecule has 1 aliphatic rings. The van der Waals surface area contributed by atoms with E-state index in [0.29, 0.717) is 23.1 Å². The summed E-state index contributed by atoms with van der Waals surface area (Å²) >= 11 is 1.29. The van der Waals surface area contributed by atoms with Crippen LogP contribution in [0.25, 0.3) is 0 Å². The molecule has 8 heteroatoms. The Morgan fingerprint density at radius 3 is 2.92 bits per heavy atom. The Labute approximate surface area is 142 Å². The van der Waals surface area contributed by atoms with Crippen molar-refractivity contribution < 1.29 is 14.6 Å². The Kier molecular flexibility index (Phi) is 4.48. The first-order chi connectivity index (χ1) is 11.5. The molecule has 0 aliphatic carbocycles. The van der Waals surface area contributed by atoms with Crippen LogP contribution in [0.2, 0.25) is 0 Å². The van der Waals surface area contributed by atoms with E-state index in [2.05, 4.69) is 15.3 Å². The quantitative estimate of drug-likeness (QED) is 0.578. The number of anilines is 1. The maximum Gasteiger partial charge on any atom is 0.257 e. The maximum atomic E-state index is 12.5. The van der Waals surface area contributed by atoms with Gasteiger partial charge in [0.05, 0.1) is 12.2 Å². The summed E-state index contributed by atoms with van der Waals surface area (Å²) in [6.45, 7) is 2.21. The molecule has 1 aliphatic heterocycles. The SMILES string of the molecule is CCOc1cc([C@@H]2CC(=O)Nc3nc(SC)[nH]c(=O)c32)ccc1O. The molecule has 0 bridgehead atoms. The number of ether oxygens (including phenoxy) is 1. The molecule has 126 valence electrons. The third-order valence-corrected chi connectivity index (χ3v) is 4.39. The number of benzene rings is 1. The molecule has 24 heavy (non-hydrogen) atoms. The van der Waals surface area contributed by atoms with Crippen molar-refractivity contribution in [1.82, 2.24) is 9.97 Å². The summed E-state index contributed by atoms with van der Waals surface area (Å²) in [6.07, 6.45) is 1.92. The van der Waals surface area contributed by atoms with E-state index in [4.69, 9.17) is 4.74 Å². The highest BCUT2D eigenvalue weighted by atomic mass is 32.2. The van der Waals surface area contributed by atoms with Crippen LogP contribution in [0.5, 0.6) is 11.5 Å². The molecule has 3 N–H and O–H groups in total. The first-order valence-electron chi connectivity index (χ1n) is 7.47. The van der Waals surface area contributed by atoms with E-state index >= 15 is 0 Å². The Bertz CT molecular complexity index is 850. The van der Waals surface area contributed by atoms with Gasteiger partial charge >= 0.3 is 0 Å². The number of aromatic nitrogens is 2. The number of nitrogens with one attached hydrogen (secondary N) is 2. The Balaban J connectivity index is 2.12. The number of carbonyl (C=O) groups excluding carboxylic acids is 1. The number of nitrogens with zero attached hydrogens (tertiary/aromatic N) is 1. The molecule has 3 rings (SSSR count). The minimum absolute atomic E-state index is 0.0193. The van der Waals surface area contributed by atoms with Gasteiger partial charge in [-0.2, -0.15) is 0 Å². The summed E-state index contributed by atoms with van der Waals surface area (Å²) in [5.41, 5.74) is 0.859. The first-order valence-corrected chi connectivity index (χ1v) is 8.69. The molecule has 1 atom stereocenters. The number of thioether (sulfide) groups is 1. The highest BCUT2D eigenvalue weighted by Crippen LogP contribution is 2.37. The third kappa shape index (κ3) is 2.96. The predicted octanol–water partition coefficient (Wildman–Crippen LogP) is 2.07. The van der Waals surface area contributed by atoms with Crippen molar-refractivity contribution in [2.45, 2.75) is 24.4 Å². The zero-order valence-corrected chi connectivity index (χ0v) is 14.1. The lowest BCUT2D eigenvalue weighted by molar-refractivity contribution is -0.116. The highest BCUT2D eigenvalue weighted by Gasteiger charge is 2.31. The van der Waals surface area contributed by atoms with Crippen LogP contribution in [-0.2, 0) is 4.79 Å². The number of carbonyl (C=O) groups is 1. The van der Waals surface area contributed by atoms with Gasteiger partial charge in [0.15, 0.2) is 16.7 Å². The average molecular weight is 347 g/mol.